The second kappa shape index (κ2) is 5.47. The first-order valence-corrected chi connectivity index (χ1v) is 8.14. The van der Waals surface area contributed by atoms with E-state index in [-0.39, 0.29) is 18.1 Å². The van der Waals surface area contributed by atoms with Crippen LogP contribution in [0, 0.1) is 0 Å². The molecule has 1 aromatic carbocycles. The maximum Gasteiger partial charge on any atom is 0.261 e. The van der Waals surface area contributed by atoms with Crippen LogP contribution in [0.15, 0.2) is 18.2 Å². The van der Waals surface area contributed by atoms with Crippen LogP contribution in [-0.4, -0.2) is 47.3 Å². The Balaban J connectivity index is 1.67. The van der Waals surface area contributed by atoms with Crippen LogP contribution in [0.2, 0.25) is 0 Å². The number of aliphatic hydroxyl groups excluding tert-OH is 1. The van der Waals surface area contributed by atoms with Crippen molar-refractivity contribution < 1.29 is 19.4 Å². The van der Waals surface area contributed by atoms with Gasteiger partial charge in [-0.05, 0) is 44.2 Å². The van der Waals surface area contributed by atoms with E-state index < -0.39 is 6.10 Å². The first-order chi connectivity index (χ1) is 10.7. The van der Waals surface area contributed by atoms with Crippen LogP contribution in [0.5, 0.6) is 11.5 Å². The van der Waals surface area contributed by atoms with E-state index in [1.165, 1.54) is 12.8 Å². The number of fused-ring (bicyclic) bond motifs is 2. The fraction of sp³-hybridized carbons (Fsp3) is 0.588. The largest absolute Gasteiger partial charge is 0.490 e. The van der Waals surface area contributed by atoms with Gasteiger partial charge in [-0.15, -0.1) is 0 Å². The average molecular weight is 303 g/mol. The van der Waals surface area contributed by atoms with Crippen molar-refractivity contribution in [1.29, 1.82) is 0 Å². The lowest BCUT2D eigenvalue weighted by Gasteiger charge is -2.22. The van der Waals surface area contributed by atoms with E-state index in [0.717, 1.165) is 12.8 Å². The fourth-order valence-corrected chi connectivity index (χ4v) is 3.75. The third kappa shape index (κ3) is 2.33. The summed E-state index contributed by atoms with van der Waals surface area (Å²) < 4.78 is 11.9. The van der Waals surface area contributed by atoms with Gasteiger partial charge in [0.15, 0.2) is 0 Å². The number of hydrogen-bond acceptors (Lipinski definition) is 4. The van der Waals surface area contributed by atoms with Crippen molar-refractivity contribution in [3.8, 4) is 11.5 Å². The van der Waals surface area contributed by atoms with Crippen molar-refractivity contribution in [1.82, 2.24) is 4.90 Å². The van der Waals surface area contributed by atoms with E-state index in [4.69, 9.17) is 9.47 Å². The number of hydrogen-bond donors (Lipinski definition) is 1. The molecule has 2 atom stereocenters. The quantitative estimate of drug-likeness (QED) is 0.907. The minimum absolute atomic E-state index is 0.0470. The van der Waals surface area contributed by atoms with Gasteiger partial charge in [0.1, 0.15) is 23.7 Å². The van der Waals surface area contributed by atoms with Gasteiger partial charge >= 0.3 is 0 Å². The normalized spacial score (nSPS) is 28.0. The van der Waals surface area contributed by atoms with Gasteiger partial charge in [-0.1, -0.05) is 6.07 Å². The SMILES string of the molecule is O=C1c2c(cccc2OC2CCCC2)OC[C@H]2C[C@H](O)CN12. The van der Waals surface area contributed by atoms with Crippen molar-refractivity contribution in [2.24, 2.45) is 0 Å². The number of rotatable bonds is 2. The molecule has 1 N–H and O–H groups in total. The highest BCUT2D eigenvalue weighted by Crippen LogP contribution is 2.37. The van der Waals surface area contributed by atoms with Crippen molar-refractivity contribution in [2.45, 2.75) is 50.4 Å². The molecule has 2 fully saturated rings. The highest BCUT2D eigenvalue weighted by Gasteiger charge is 2.40. The Bertz CT molecular complexity index is 582. The smallest absolute Gasteiger partial charge is 0.261 e. The minimum Gasteiger partial charge on any atom is -0.490 e. The predicted molar refractivity (Wildman–Crippen MR) is 80.3 cm³/mol. The molecule has 1 saturated heterocycles. The molecule has 5 heteroatoms. The summed E-state index contributed by atoms with van der Waals surface area (Å²) in [6.45, 7) is 0.812. The van der Waals surface area contributed by atoms with E-state index in [2.05, 4.69) is 0 Å². The zero-order chi connectivity index (χ0) is 15.1. The minimum atomic E-state index is -0.456. The first-order valence-electron chi connectivity index (χ1n) is 8.14. The number of carbonyl (C=O) groups is 1. The lowest BCUT2D eigenvalue weighted by molar-refractivity contribution is 0.0704. The molecule has 118 valence electrons. The molecule has 22 heavy (non-hydrogen) atoms. The number of nitrogens with zero attached hydrogens (tertiary/aromatic N) is 1. The van der Waals surface area contributed by atoms with Gasteiger partial charge in [-0.25, -0.2) is 0 Å². The summed E-state index contributed by atoms with van der Waals surface area (Å²) in [7, 11) is 0. The standard InChI is InChI=1S/C17H21NO4/c19-12-8-11-10-21-14-6-3-7-15(22-13-4-1-2-5-13)16(14)17(20)18(11)9-12/h3,6-7,11-13,19H,1-2,4-5,8-10H2/t11-,12+/m1/s1. The Hall–Kier alpha value is -1.75. The highest BCUT2D eigenvalue weighted by atomic mass is 16.5. The molecule has 0 aromatic heterocycles. The van der Waals surface area contributed by atoms with Crippen LogP contribution in [0.3, 0.4) is 0 Å². The summed E-state index contributed by atoms with van der Waals surface area (Å²) in [4.78, 5) is 14.6. The number of amides is 1. The van der Waals surface area contributed by atoms with Crippen LogP contribution in [0.1, 0.15) is 42.5 Å². The van der Waals surface area contributed by atoms with E-state index in [0.29, 0.717) is 36.6 Å². The van der Waals surface area contributed by atoms with Crippen LogP contribution in [-0.2, 0) is 0 Å². The molecule has 2 aliphatic heterocycles. The summed E-state index contributed by atoms with van der Waals surface area (Å²) >= 11 is 0. The van der Waals surface area contributed by atoms with E-state index in [9.17, 15) is 9.90 Å². The van der Waals surface area contributed by atoms with Crippen molar-refractivity contribution in [3.05, 3.63) is 23.8 Å². The number of benzene rings is 1. The summed E-state index contributed by atoms with van der Waals surface area (Å²) in [6.07, 6.45) is 4.78. The van der Waals surface area contributed by atoms with Gasteiger partial charge in [0.2, 0.25) is 0 Å². The van der Waals surface area contributed by atoms with Crippen LogP contribution >= 0.6 is 0 Å². The summed E-state index contributed by atoms with van der Waals surface area (Å²) in [5.41, 5.74) is 0.519. The Morgan fingerprint density at radius 3 is 2.91 bits per heavy atom. The molecule has 3 aliphatic rings. The second-order valence-electron chi connectivity index (χ2n) is 6.47. The van der Waals surface area contributed by atoms with Gasteiger partial charge in [0, 0.05) is 6.54 Å². The average Bonchev–Trinajstić information content (AvgIpc) is 3.11. The lowest BCUT2D eigenvalue weighted by Crippen LogP contribution is -2.37. The molecule has 1 aromatic rings. The fourth-order valence-electron chi connectivity index (χ4n) is 3.75. The topological polar surface area (TPSA) is 59.0 Å². The zero-order valence-corrected chi connectivity index (χ0v) is 12.5. The Morgan fingerprint density at radius 1 is 1.27 bits per heavy atom. The van der Waals surface area contributed by atoms with E-state index in [1.54, 1.807) is 4.90 Å². The van der Waals surface area contributed by atoms with Gasteiger partial charge < -0.3 is 19.5 Å². The Labute approximate surface area is 129 Å². The lowest BCUT2D eigenvalue weighted by atomic mass is 10.1. The number of aliphatic hydroxyl groups is 1. The van der Waals surface area contributed by atoms with Gasteiger partial charge in [-0.2, -0.15) is 0 Å². The van der Waals surface area contributed by atoms with Crippen molar-refractivity contribution in [3.63, 3.8) is 0 Å². The van der Waals surface area contributed by atoms with Crippen LogP contribution < -0.4 is 9.47 Å². The summed E-state index contributed by atoms with van der Waals surface area (Å²) in [5, 5.41) is 9.84. The molecule has 0 radical (unpaired) electrons. The van der Waals surface area contributed by atoms with Crippen molar-refractivity contribution >= 4 is 5.91 Å². The molecule has 0 bridgehead atoms. The van der Waals surface area contributed by atoms with Crippen LogP contribution in [0.25, 0.3) is 0 Å². The molecular weight excluding hydrogens is 282 g/mol. The van der Waals surface area contributed by atoms with E-state index >= 15 is 0 Å². The molecule has 1 aliphatic carbocycles. The molecule has 1 saturated carbocycles. The summed E-state index contributed by atoms with van der Waals surface area (Å²) in [5.74, 6) is 1.14. The molecule has 2 heterocycles. The molecular formula is C17H21NO4. The monoisotopic (exact) mass is 303 g/mol. The number of carbonyl (C=O) groups excluding carboxylic acids is 1. The molecule has 1 amide bonds. The first kappa shape index (κ1) is 13.9. The Kier molecular flexibility index (Phi) is 3.45. The highest BCUT2D eigenvalue weighted by molar-refractivity contribution is 6.00. The maximum atomic E-state index is 12.9. The third-order valence-corrected chi connectivity index (χ3v) is 4.88. The molecule has 0 spiro atoms. The molecule has 0 unspecified atom stereocenters. The van der Waals surface area contributed by atoms with Gasteiger partial charge in [0.05, 0.1) is 18.2 Å². The zero-order valence-electron chi connectivity index (χ0n) is 12.5. The van der Waals surface area contributed by atoms with E-state index in [1.807, 2.05) is 18.2 Å². The van der Waals surface area contributed by atoms with Crippen LogP contribution in [0.4, 0.5) is 0 Å². The summed E-state index contributed by atoms with van der Waals surface area (Å²) in [6, 6.07) is 5.51. The van der Waals surface area contributed by atoms with Gasteiger partial charge in [-0.3, -0.25) is 4.79 Å². The molecule has 4 rings (SSSR count). The Morgan fingerprint density at radius 2 is 2.09 bits per heavy atom. The number of ether oxygens (including phenoxy) is 2. The third-order valence-electron chi connectivity index (χ3n) is 4.88. The van der Waals surface area contributed by atoms with Gasteiger partial charge in [0.25, 0.3) is 5.91 Å². The second-order valence-corrected chi connectivity index (χ2v) is 6.47. The predicted octanol–water partition coefficient (Wildman–Crippen LogP) is 1.98. The van der Waals surface area contributed by atoms with Crippen molar-refractivity contribution in [2.75, 3.05) is 13.2 Å². The molecule has 5 nitrogen and oxygen atoms in total. The maximum absolute atomic E-state index is 12.9.